The molecule has 0 saturated carbocycles. The first-order chi connectivity index (χ1) is 17.5. The van der Waals surface area contributed by atoms with Crippen LogP contribution in [0.3, 0.4) is 0 Å². The summed E-state index contributed by atoms with van der Waals surface area (Å²) in [4.78, 5) is 24.5. The first kappa shape index (κ1) is 30.0. The maximum Gasteiger partial charge on any atom is 0.407 e. The molecule has 1 aliphatic carbocycles. The van der Waals surface area contributed by atoms with E-state index in [4.69, 9.17) is 9.47 Å². The van der Waals surface area contributed by atoms with E-state index in [1.54, 1.807) is 6.92 Å². The Kier molecular flexibility index (Phi) is 10.9. The number of hydrogen-bond donors (Lipinski definition) is 2. The first-order valence-electron chi connectivity index (χ1n) is 11.2. The minimum atomic E-state index is -1.25. The fourth-order valence-corrected chi connectivity index (χ4v) is 5.16. The fourth-order valence-electron chi connectivity index (χ4n) is 4.18. The number of aliphatic carboxylic acids is 1. The molecule has 0 heterocycles. The lowest BCUT2D eigenvalue weighted by Crippen LogP contribution is -2.50. The van der Waals surface area contributed by atoms with Crippen molar-refractivity contribution in [1.82, 2.24) is 5.32 Å². The zero-order valence-electron chi connectivity index (χ0n) is 20.6. The number of hydrogen-bond acceptors (Lipinski definition) is 6. The van der Waals surface area contributed by atoms with Crippen LogP contribution in [-0.2, 0) is 14.3 Å². The van der Waals surface area contributed by atoms with Crippen molar-refractivity contribution in [2.45, 2.75) is 51.4 Å². The first-order valence-corrected chi connectivity index (χ1v) is 17.9. The Hall–Kier alpha value is -1.58. The Labute approximate surface area is 250 Å². The highest BCUT2D eigenvalue weighted by atomic mass is 127. The van der Waals surface area contributed by atoms with Gasteiger partial charge in [-0.3, -0.25) is 0 Å². The molecule has 2 aromatic carbocycles. The number of nitrogens with one attached hydrogen (secondary N) is 1. The van der Waals surface area contributed by atoms with E-state index in [0.29, 0.717) is 0 Å². The van der Waals surface area contributed by atoms with Crippen LogP contribution in [0.15, 0.2) is 36.4 Å². The summed E-state index contributed by atoms with van der Waals surface area (Å²) in [5, 5.41) is 18.1. The lowest BCUT2D eigenvalue weighted by Gasteiger charge is -2.29. The zero-order valence-corrected chi connectivity index (χ0v) is 26.5. The molecule has 2 unspecified atom stereocenters. The topological polar surface area (TPSA) is 84.9 Å². The monoisotopic (exact) mass is 761 g/mol. The van der Waals surface area contributed by atoms with Crippen molar-refractivity contribution in [3.05, 3.63) is 58.7 Å². The van der Waals surface area contributed by atoms with Crippen molar-refractivity contribution in [3.63, 3.8) is 0 Å². The van der Waals surface area contributed by atoms with Crippen LogP contribution < -0.4 is 5.32 Å². The number of ether oxygens (including phenoxy) is 2. The molecular weight excluding hydrogens is 736 g/mol. The van der Waals surface area contributed by atoms with Crippen LogP contribution in [0.1, 0.15) is 55.9 Å². The van der Waals surface area contributed by atoms with Gasteiger partial charge in [0, 0.05) is 59.5 Å². The second kappa shape index (κ2) is 13.5. The van der Waals surface area contributed by atoms with Crippen LogP contribution in [0.5, 0.6) is 0 Å². The molecule has 2 aromatic rings. The van der Waals surface area contributed by atoms with E-state index >= 15 is 0 Å². The summed E-state index contributed by atoms with van der Waals surface area (Å²) in [5.74, 6) is 4.81. The highest BCUT2D eigenvalue weighted by molar-refractivity contribution is 14.2. The maximum atomic E-state index is 12.7. The van der Waals surface area contributed by atoms with Crippen LogP contribution in [0.25, 0.3) is 11.1 Å². The second-order valence-electron chi connectivity index (χ2n) is 9.26. The van der Waals surface area contributed by atoms with Gasteiger partial charge in [0.2, 0.25) is 0 Å². The number of carboxylic acid groups (broad SMARTS) is 1. The van der Waals surface area contributed by atoms with E-state index in [0.717, 1.165) is 33.4 Å². The molecule has 10 heteroatoms. The van der Waals surface area contributed by atoms with Crippen LogP contribution in [0, 0.1) is 22.3 Å². The molecule has 2 N–H and O–H groups in total. The molecule has 3 rings (SSSR count). The largest absolute Gasteiger partial charge is 0.480 e. The van der Waals surface area contributed by atoms with Gasteiger partial charge in [-0.25, -0.2) is 9.59 Å². The normalized spacial score (nSPS) is 13.7. The van der Waals surface area contributed by atoms with Crippen molar-refractivity contribution >= 4 is 72.3 Å². The summed E-state index contributed by atoms with van der Waals surface area (Å²) in [5.41, 5.74) is 5.27. The maximum absolute atomic E-state index is 12.7. The van der Waals surface area contributed by atoms with Gasteiger partial charge in [0.25, 0.3) is 0 Å². The highest BCUT2D eigenvalue weighted by Crippen LogP contribution is 2.45. The summed E-state index contributed by atoms with van der Waals surface area (Å²) in [7, 11) is 2.82. The van der Waals surface area contributed by atoms with E-state index < -0.39 is 29.8 Å². The van der Waals surface area contributed by atoms with Gasteiger partial charge in [-0.15, -0.1) is 0 Å². The minimum absolute atomic E-state index is 0.0303. The smallest absolute Gasteiger partial charge is 0.407 e. The highest BCUT2D eigenvalue weighted by Gasteiger charge is 2.33. The predicted molar refractivity (Wildman–Crippen MR) is 167 cm³/mol. The average Bonchev–Trinajstić information content (AvgIpc) is 3.14. The molecule has 1 aliphatic rings. The van der Waals surface area contributed by atoms with Crippen molar-refractivity contribution in [2.24, 2.45) is 0 Å². The van der Waals surface area contributed by atoms with E-state index in [-0.39, 0.29) is 12.5 Å². The SMILES string of the molecule is CC(OC(C)(C)C)C(NC(=O)OCC1c2cc(C#CSI)ccc2-c2ccc(C#CSI)cc21)C(=O)O. The standard InChI is InChI=1S/C27H25I2NO5S2/c1-16(35-27(2,3)4)24(25(31)32)30-26(33)34-15-23-21-13-17(9-11-36-28)5-7-19(21)20-8-6-18(10-12-37-29)14-22(20)23/h5-8,13-14,16,23-24H,15H2,1-4H3,(H,30,33)(H,31,32). The molecule has 37 heavy (non-hydrogen) atoms. The Balaban J connectivity index is 1.86. The molecule has 0 bridgehead atoms. The van der Waals surface area contributed by atoms with Crippen LogP contribution >= 0.6 is 60.3 Å². The molecule has 2 atom stereocenters. The molecule has 0 radical (unpaired) electrons. The molecule has 0 saturated heterocycles. The molecule has 0 aliphatic heterocycles. The fraction of sp³-hybridized carbons (Fsp3) is 0.333. The number of rotatable bonds is 6. The van der Waals surface area contributed by atoms with Gasteiger partial charge in [-0.1, -0.05) is 24.0 Å². The summed E-state index contributed by atoms with van der Waals surface area (Å²) >= 11 is 4.26. The van der Waals surface area contributed by atoms with Gasteiger partial charge in [0.1, 0.15) is 6.61 Å². The lowest BCUT2D eigenvalue weighted by atomic mass is 9.96. The van der Waals surface area contributed by atoms with Gasteiger partial charge in [-0.2, -0.15) is 0 Å². The third-order valence-corrected chi connectivity index (χ3v) is 7.22. The third-order valence-electron chi connectivity index (χ3n) is 5.54. The van der Waals surface area contributed by atoms with Crippen molar-refractivity contribution in [2.75, 3.05) is 6.61 Å². The van der Waals surface area contributed by atoms with Crippen LogP contribution in [0.2, 0.25) is 0 Å². The Morgan fingerprint density at radius 3 is 1.97 bits per heavy atom. The number of carboxylic acids is 1. The molecule has 1 amide bonds. The molecule has 0 aromatic heterocycles. The van der Waals surface area contributed by atoms with Gasteiger partial charge in [0.15, 0.2) is 6.04 Å². The minimum Gasteiger partial charge on any atom is -0.480 e. The Bertz CT molecular complexity index is 1230. The number of halogens is 2. The van der Waals surface area contributed by atoms with Gasteiger partial charge in [0.05, 0.1) is 11.7 Å². The number of fused-ring (bicyclic) bond motifs is 3. The van der Waals surface area contributed by atoms with E-state index in [9.17, 15) is 14.7 Å². The van der Waals surface area contributed by atoms with Crippen LogP contribution in [-0.4, -0.2) is 41.5 Å². The Morgan fingerprint density at radius 2 is 1.54 bits per heavy atom. The summed E-state index contributed by atoms with van der Waals surface area (Å²) in [6.07, 6.45) is -1.58. The summed E-state index contributed by atoms with van der Waals surface area (Å²) in [6.45, 7) is 7.11. The van der Waals surface area contributed by atoms with Gasteiger partial charge < -0.3 is 19.9 Å². The number of alkyl carbamates (subject to hydrolysis) is 1. The second-order valence-corrected chi connectivity index (χ2v) is 12.6. The van der Waals surface area contributed by atoms with Crippen molar-refractivity contribution in [3.8, 4) is 33.5 Å². The number of carbonyl (C=O) groups excluding carboxylic acids is 1. The van der Waals surface area contributed by atoms with Gasteiger partial charge in [-0.05, 0) is 103 Å². The van der Waals surface area contributed by atoms with E-state index in [1.807, 2.05) is 57.2 Å². The molecule has 6 nitrogen and oxygen atoms in total. The summed E-state index contributed by atoms with van der Waals surface area (Å²) in [6, 6.07) is 10.8. The number of amides is 1. The quantitative estimate of drug-likeness (QED) is 0.243. The van der Waals surface area contributed by atoms with E-state index in [1.165, 1.54) is 17.9 Å². The lowest BCUT2D eigenvalue weighted by molar-refractivity contribution is -0.147. The van der Waals surface area contributed by atoms with E-state index in [2.05, 4.69) is 70.1 Å². The molecule has 194 valence electrons. The van der Waals surface area contributed by atoms with Crippen molar-refractivity contribution < 1.29 is 24.2 Å². The van der Waals surface area contributed by atoms with Gasteiger partial charge >= 0.3 is 12.1 Å². The summed E-state index contributed by atoms with van der Waals surface area (Å²) < 4.78 is 11.3. The zero-order chi connectivity index (χ0) is 27.2. The Morgan fingerprint density at radius 1 is 1.03 bits per heavy atom. The van der Waals surface area contributed by atoms with Crippen LogP contribution in [0.4, 0.5) is 4.79 Å². The molecule has 0 fully saturated rings. The third kappa shape index (κ3) is 8.20. The predicted octanol–water partition coefficient (Wildman–Crippen LogP) is 6.97. The number of benzene rings is 2. The average molecular weight is 761 g/mol. The van der Waals surface area contributed by atoms with Crippen molar-refractivity contribution in [1.29, 1.82) is 0 Å². The molecule has 0 spiro atoms. The molecular formula is C27H25I2NO5S2. The number of carbonyl (C=O) groups is 2.